The standard InChI is InChI=1S/C30H54N8O11S/c1-15(2)12-20(37-26(44)18(32)9-11-50-5)27(45)38-22(14-39)29(47)34-16(3)24(42)33-17(4)25(43)36-21(13-23(40)41)28(46)35-19(30(48)49)8-6-7-10-31/h15-22,39H,6-14,31-32H2,1-5H3,(H,33,42)(H,34,47)(H,35,46)(H,36,43)(H,37,44)(H,38,45)(H,40,41)(H,48,49)/t16-,17-,18-,19-,20-,21-,22-/m0/s1. The molecule has 0 rings (SSSR count). The molecule has 0 saturated heterocycles. The average molecular weight is 735 g/mol. The number of aliphatic hydroxyl groups is 1. The van der Waals surface area contributed by atoms with Crippen LogP contribution in [0.15, 0.2) is 0 Å². The van der Waals surface area contributed by atoms with Crippen LogP contribution >= 0.6 is 11.8 Å². The maximum absolute atomic E-state index is 13.0. The van der Waals surface area contributed by atoms with Crippen LogP contribution in [0.5, 0.6) is 0 Å². The topological polar surface area (TPSA) is 321 Å². The van der Waals surface area contributed by atoms with Crippen LogP contribution in [0.25, 0.3) is 0 Å². The number of nitrogens with one attached hydrogen (secondary N) is 6. The molecule has 0 fully saturated rings. The summed E-state index contributed by atoms with van der Waals surface area (Å²) in [6.45, 7) is 5.56. The van der Waals surface area contributed by atoms with Gasteiger partial charge in [0.25, 0.3) is 0 Å². The zero-order valence-corrected chi connectivity index (χ0v) is 30.0. The van der Waals surface area contributed by atoms with Gasteiger partial charge >= 0.3 is 11.9 Å². The van der Waals surface area contributed by atoms with Gasteiger partial charge in [-0.3, -0.25) is 33.6 Å². The molecular formula is C30H54N8O11S. The molecule has 13 N–H and O–H groups in total. The normalized spacial score (nSPS) is 15.2. The third kappa shape index (κ3) is 18.1. The Morgan fingerprint density at radius 1 is 0.640 bits per heavy atom. The summed E-state index contributed by atoms with van der Waals surface area (Å²) in [5.74, 6) is -7.44. The van der Waals surface area contributed by atoms with E-state index in [1.807, 2.05) is 20.1 Å². The minimum atomic E-state index is -1.68. The molecule has 286 valence electrons. The first kappa shape index (κ1) is 46.0. The lowest BCUT2D eigenvalue weighted by atomic mass is 10.0. The predicted octanol–water partition coefficient (Wildman–Crippen LogP) is -3.26. The van der Waals surface area contributed by atoms with E-state index >= 15 is 0 Å². The summed E-state index contributed by atoms with van der Waals surface area (Å²) < 4.78 is 0. The Kier molecular flexibility index (Phi) is 22.3. The van der Waals surface area contributed by atoms with Crippen LogP contribution in [-0.2, 0) is 38.4 Å². The van der Waals surface area contributed by atoms with E-state index < -0.39 is 103 Å². The third-order valence-corrected chi connectivity index (χ3v) is 7.85. The number of aliphatic hydroxyl groups excluding tert-OH is 1. The number of carbonyl (C=O) groups excluding carboxylic acids is 6. The lowest BCUT2D eigenvalue weighted by Gasteiger charge is -2.25. The second kappa shape index (κ2) is 24.2. The summed E-state index contributed by atoms with van der Waals surface area (Å²) in [5.41, 5.74) is 11.3. The summed E-state index contributed by atoms with van der Waals surface area (Å²) in [6, 6.07) is -9.15. The van der Waals surface area contributed by atoms with Gasteiger partial charge in [-0.15, -0.1) is 0 Å². The van der Waals surface area contributed by atoms with Gasteiger partial charge in [0.05, 0.1) is 19.1 Å². The van der Waals surface area contributed by atoms with Crippen molar-refractivity contribution in [2.45, 2.75) is 109 Å². The fourth-order valence-corrected chi connectivity index (χ4v) is 4.80. The number of amides is 6. The van der Waals surface area contributed by atoms with Crippen LogP contribution in [-0.4, -0.2) is 130 Å². The van der Waals surface area contributed by atoms with Crippen LogP contribution in [0.3, 0.4) is 0 Å². The Hall–Kier alpha value is -4.01. The molecule has 0 saturated carbocycles. The summed E-state index contributed by atoms with van der Waals surface area (Å²) in [5, 5.41) is 42.4. The van der Waals surface area contributed by atoms with E-state index in [9.17, 15) is 53.7 Å². The van der Waals surface area contributed by atoms with Crippen LogP contribution < -0.4 is 43.4 Å². The number of carbonyl (C=O) groups is 8. The van der Waals surface area contributed by atoms with Crippen molar-refractivity contribution in [3.05, 3.63) is 0 Å². The molecule has 7 atom stereocenters. The summed E-state index contributed by atoms with van der Waals surface area (Å²) in [7, 11) is 0. The zero-order valence-electron chi connectivity index (χ0n) is 29.2. The Balaban J connectivity index is 5.40. The molecule has 50 heavy (non-hydrogen) atoms. The monoisotopic (exact) mass is 734 g/mol. The lowest BCUT2D eigenvalue weighted by molar-refractivity contribution is -0.143. The zero-order chi connectivity index (χ0) is 38.6. The molecule has 0 radical (unpaired) electrons. The van der Waals surface area contributed by atoms with Gasteiger partial charge in [-0.05, 0) is 70.4 Å². The number of nitrogens with two attached hydrogens (primary N) is 2. The molecule has 0 aromatic carbocycles. The maximum Gasteiger partial charge on any atom is 0.326 e. The highest BCUT2D eigenvalue weighted by molar-refractivity contribution is 7.98. The molecule has 0 aromatic heterocycles. The molecule has 0 spiro atoms. The number of hydrogen-bond acceptors (Lipinski definition) is 12. The number of hydrogen-bond donors (Lipinski definition) is 11. The number of carboxylic acid groups (broad SMARTS) is 2. The first-order valence-electron chi connectivity index (χ1n) is 16.2. The molecule has 6 amide bonds. The second-order valence-corrected chi connectivity index (χ2v) is 13.1. The summed E-state index contributed by atoms with van der Waals surface area (Å²) in [4.78, 5) is 99.7. The van der Waals surface area contributed by atoms with Gasteiger partial charge in [0.1, 0.15) is 36.3 Å². The quantitative estimate of drug-likeness (QED) is 0.0411. The molecular weight excluding hydrogens is 680 g/mol. The van der Waals surface area contributed by atoms with Gasteiger partial charge in [-0.1, -0.05) is 13.8 Å². The number of aliphatic carboxylic acids is 2. The third-order valence-electron chi connectivity index (χ3n) is 7.20. The van der Waals surface area contributed by atoms with Gasteiger partial charge < -0.3 is 58.7 Å². The first-order chi connectivity index (χ1) is 23.4. The van der Waals surface area contributed by atoms with Gasteiger partial charge in [-0.2, -0.15) is 11.8 Å². The fraction of sp³-hybridized carbons (Fsp3) is 0.733. The van der Waals surface area contributed by atoms with Crippen molar-refractivity contribution in [3.63, 3.8) is 0 Å². The molecule has 0 aliphatic rings. The maximum atomic E-state index is 13.0. The van der Waals surface area contributed by atoms with E-state index in [4.69, 9.17) is 11.5 Å². The summed E-state index contributed by atoms with van der Waals surface area (Å²) >= 11 is 1.51. The first-order valence-corrected chi connectivity index (χ1v) is 17.6. The number of carboxylic acids is 2. The van der Waals surface area contributed by atoms with Crippen molar-refractivity contribution in [1.29, 1.82) is 0 Å². The van der Waals surface area contributed by atoms with Crippen LogP contribution in [0.4, 0.5) is 0 Å². The molecule has 20 heteroatoms. The predicted molar refractivity (Wildman–Crippen MR) is 183 cm³/mol. The van der Waals surface area contributed by atoms with E-state index in [0.29, 0.717) is 31.6 Å². The molecule has 0 heterocycles. The van der Waals surface area contributed by atoms with E-state index in [-0.39, 0.29) is 18.8 Å². The highest BCUT2D eigenvalue weighted by atomic mass is 32.2. The minimum Gasteiger partial charge on any atom is -0.481 e. The molecule has 0 aliphatic heterocycles. The number of thioether (sulfide) groups is 1. The lowest BCUT2D eigenvalue weighted by Crippen LogP contribution is -2.59. The number of rotatable bonds is 25. The van der Waals surface area contributed by atoms with E-state index in [1.165, 1.54) is 25.6 Å². The molecule has 0 aromatic rings. The SMILES string of the molecule is CSCC[C@H](N)C(=O)N[C@@H](CC(C)C)C(=O)N[C@@H](CO)C(=O)N[C@@H](C)C(=O)N[C@@H](C)C(=O)N[C@@H](CC(=O)O)C(=O)N[C@@H](CCCCN)C(=O)O. The fourth-order valence-electron chi connectivity index (χ4n) is 4.31. The van der Waals surface area contributed by atoms with E-state index in [0.717, 1.165) is 0 Å². The van der Waals surface area contributed by atoms with Crippen LogP contribution in [0, 0.1) is 5.92 Å². The van der Waals surface area contributed by atoms with E-state index in [1.54, 1.807) is 0 Å². The van der Waals surface area contributed by atoms with Gasteiger partial charge in [0.15, 0.2) is 0 Å². The van der Waals surface area contributed by atoms with Crippen molar-refractivity contribution in [2.75, 3.05) is 25.2 Å². The smallest absolute Gasteiger partial charge is 0.326 e. The minimum absolute atomic E-state index is 0.0190. The van der Waals surface area contributed by atoms with Gasteiger partial charge in [0, 0.05) is 0 Å². The Morgan fingerprint density at radius 3 is 1.62 bits per heavy atom. The van der Waals surface area contributed by atoms with Crippen LogP contribution in [0.2, 0.25) is 0 Å². The van der Waals surface area contributed by atoms with Crippen molar-refractivity contribution in [3.8, 4) is 0 Å². The largest absolute Gasteiger partial charge is 0.481 e. The van der Waals surface area contributed by atoms with Crippen molar-refractivity contribution in [1.82, 2.24) is 31.9 Å². The Morgan fingerprint density at radius 2 is 1.12 bits per heavy atom. The van der Waals surface area contributed by atoms with Gasteiger partial charge in [0.2, 0.25) is 35.4 Å². The highest BCUT2D eigenvalue weighted by Gasteiger charge is 2.32. The Bertz CT molecular complexity index is 1180. The number of unbranched alkanes of at least 4 members (excludes halogenated alkanes) is 1. The molecule has 19 nitrogen and oxygen atoms in total. The van der Waals surface area contributed by atoms with Crippen LogP contribution in [0.1, 0.15) is 66.2 Å². The molecule has 0 bridgehead atoms. The average Bonchev–Trinajstić information content (AvgIpc) is 3.03. The molecule has 0 unspecified atom stereocenters. The Labute approximate surface area is 295 Å². The molecule has 0 aliphatic carbocycles. The summed E-state index contributed by atoms with van der Waals surface area (Å²) in [6.07, 6.45) is 2.44. The van der Waals surface area contributed by atoms with Gasteiger partial charge in [-0.25, -0.2) is 4.79 Å². The van der Waals surface area contributed by atoms with E-state index in [2.05, 4.69) is 31.9 Å². The van der Waals surface area contributed by atoms with Crippen molar-refractivity contribution < 1.29 is 53.7 Å². The van der Waals surface area contributed by atoms with Crippen molar-refractivity contribution in [2.24, 2.45) is 17.4 Å². The van der Waals surface area contributed by atoms with Crippen molar-refractivity contribution >= 4 is 59.1 Å². The highest BCUT2D eigenvalue weighted by Crippen LogP contribution is 2.08. The second-order valence-electron chi connectivity index (χ2n) is 12.1.